The lowest BCUT2D eigenvalue weighted by Gasteiger charge is -2.18. The third kappa shape index (κ3) is 2.22. The molecule has 5 nitrogen and oxygen atoms in total. The molecule has 1 aromatic heterocycles. The number of amides is 1. The topological polar surface area (TPSA) is 49.3 Å². The van der Waals surface area contributed by atoms with E-state index in [9.17, 15) is 4.79 Å². The van der Waals surface area contributed by atoms with Crippen molar-refractivity contribution >= 4 is 17.4 Å². The normalized spacial score (nSPS) is 16.9. The third-order valence-corrected chi connectivity index (χ3v) is 4.42. The molecule has 0 saturated carbocycles. The summed E-state index contributed by atoms with van der Waals surface area (Å²) in [5.74, 6) is 0.807. The number of anilines is 2. The Labute approximate surface area is 129 Å². The van der Waals surface area contributed by atoms with Gasteiger partial charge < -0.3 is 9.80 Å². The van der Waals surface area contributed by atoms with E-state index in [-0.39, 0.29) is 5.91 Å². The summed E-state index contributed by atoms with van der Waals surface area (Å²) in [5.41, 5.74) is 2.63. The predicted molar refractivity (Wildman–Crippen MR) is 85.3 cm³/mol. The van der Waals surface area contributed by atoms with Gasteiger partial charge >= 0.3 is 0 Å². The number of nitrogens with zero attached hydrogens (tertiary/aromatic N) is 4. The molecule has 0 radical (unpaired) electrons. The maximum atomic E-state index is 12.7. The Hall–Kier alpha value is -2.43. The molecule has 3 heterocycles. The zero-order chi connectivity index (χ0) is 14.9. The Balaban J connectivity index is 1.56. The number of benzene rings is 1. The Morgan fingerprint density at radius 3 is 2.59 bits per heavy atom. The molecule has 2 aliphatic heterocycles. The molecule has 2 aliphatic rings. The fraction of sp³-hybridized carbons (Fsp3) is 0.353. The van der Waals surface area contributed by atoms with Gasteiger partial charge in [0.1, 0.15) is 11.5 Å². The number of fused-ring (bicyclic) bond motifs is 1. The summed E-state index contributed by atoms with van der Waals surface area (Å²) in [6.45, 7) is 2.77. The molecule has 1 amide bonds. The molecule has 1 saturated heterocycles. The molecule has 0 unspecified atom stereocenters. The smallest absolute Gasteiger partial charge is 0.278 e. The Bertz CT molecular complexity index is 692. The summed E-state index contributed by atoms with van der Waals surface area (Å²) >= 11 is 0. The molecule has 22 heavy (non-hydrogen) atoms. The molecule has 0 aliphatic carbocycles. The fourth-order valence-corrected chi connectivity index (χ4v) is 3.23. The summed E-state index contributed by atoms with van der Waals surface area (Å²) in [4.78, 5) is 25.4. The predicted octanol–water partition coefficient (Wildman–Crippen LogP) is 2.28. The minimum absolute atomic E-state index is 0.0644. The first-order valence-corrected chi connectivity index (χ1v) is 7.80. The number of carbonyl (C=O) groups excluding carboxylic acids is 1. The monoisotopic (exact) mass is 294 g/mol. The van der Waals surface area contributed by atoms with Crippen molar-refractivity contribution < 1.29 is 4.79 Å². The van der Waals surface area contributed by atoms with Crippen LogP contribution in [0.25, 0.3) is 0 Å². The highest BCUT2D eigenvalue weighted by Gasteiger charge is 2.26. The minimum Gasteiger partial charge on any atom is -0.355 e. The van der Waals surface area contributed by atoms with E-state index < -0.39 is 0 Å². The van der Waals surface area contributed by atoms with Crippen molar-refractivity contribution in [1.29, 1.82) is 0 Å². The van der Waals surface area contributed by atoms with E-state index in [4.69, 9.17) is 0 Å². The van der Waals surface area contributed by atoms with Crippen LogP contribution in [0.15, 0.2) is 36.7 Å². The van der Waals surface area contributed by atoms with E-state index in [0.29, 0.717) is 12.2 Å². The van der Waals surface area contributed by atoms with Crippen LogP contribution in [0.1, 0.15) is 28.9 Å². The summed E-state index contributed by atoms with van der Waals surface area (Å²) < 4.78 is 0. The zero-order valence-corrected chi connectivity index (χ0v) is 12.4. The highest BCUT2D eigenvalue weighted by molar-refractivity contribution is 6.05. The summed E-state index contributed by atoms with van der Waals surface area (Å²) in [6, 6.07) is 8.04. The van der Waals surface area contributed by atoms with Crippen LogP contribution in [-0.2, 0) is 6.42 Å². The average Bonchev–Trinajstić information content (AvgIpc) is 3.24. The second-order valence-corrected chi connectivity index (χ2v) is 5.79. The highest BCUT2D eigenvalue weighted by atomic mass is 16.2. The van der Waals surface area contributed by atoms with Crippen LogP contribution in [0.5, 0.6) is 0 Å². The van der Waals surface area contributed by atoms with Gasteiger partial charge in [0.2, 0.25) is 0 Å². The van der Waals surface area contributed by atoms with E-state index in [1.54, 1.807) is 17.3 Å². The van der Waals surface area contributed by atoms with Gasteiger partial charge in [-0.3, -0.25) is 4.79 Å². The number of rotatable bonds is 2. The van der Waals surface area contributed by atoms with Crippen molar-refractivity contribution in [3.63, 3.8) is 0 Å². The average molecular weight is 294 g/mol. The molecule has 1 fully saturated rings. The zero-order valence-electron chi connectivity index (χ0n) is 12.4. The van der Waals surface area contributed by atoms with Gasteiger partial charge in [0.05, 0.1) is 12.4 Å². The van der Waals surface area contributed by atoms with Gasteiger partial charge in [-0.05, 0) is 30.9 Å². The van der Waals surface area contributed by atoms with Gasteiger partial charge in [-0.15, -0.1) is 0 Å². The van der Waals surface area contributed by atoms with Crippen LogP contribution in [0.2, 0.25) is 0 Å². The van der Waals surface area contributed by atoms with Crippen LogP contribution in [0.3, 0.4) is 0 Å². The lowest BCUT2D eigenvalue weighted by molar-refractivity contribution is 0.0984. The fourth-order valence-electron chi connectivity index (χ4n) is 3.23. The summed E-state index contributed by atoms with van der Waals surface area (Å²) in [7, 11) is 0. The Kier molecular flexibility index (Phi) is 3.25. The van der Waals surface area contributed by atoms with Crippen LogP contribution >= 0.6 is 0 Å². The molecule has 1 aromatic carbocycles. The first-order chi connectivity index (χ1) is 10.8. The number of para-hydroxylation sites is 1. The molecular weight excluding hydrogens is 276 g/mol. The molecule has 4 rings (SSSR count). The van der Waals surface area contributed by atoms with Crippen LogP contribution < -0.4 is 9.80 Å². The number of hydrogen-bond donors (Lipinski definition) is 0. The van der Waals surface area contributed by atoms with E-state index in [0.717, 1.165) is 31.0 Å². The van der Waals surface area contributed by atoms with Gasteiger partial charge in [-0.25, -0.2) is 9.97 Å². The van der Waals surface area contributed by atoms with Crippen molar-refractivity contribution in [3.8, 4) is 0 Å². The van der Waals surface area contributed by atoms with Gasteiger partial charge in [0.25, 0.3) is 5.91 Å². The molecule has 0 N–H and O–H groups in total. The van der Waals surface area contributed by atoms with Crippen molar-refractivity contribution in [2.75, 3.05) is 29.4 Å². The van der Waals surface area contributed by atoms with E-state index in [2.05, 4.69) is 20.9 Å². The van der Waals surface area contributed by atoms with Gasteiger partial charge in [0, 0.05) is 25.3 Å². The van der Waals surface area contributed by atoms with Gasteiger partial charge in [0.15, 0.2) is 0 Å². The number of carbonyl (C=O) groups is 1. The Morgan fingerprint density at radius 2 is 1.82 bits per heavy atom. The van der Waals surface area contributed by atoms with Crippen LogP contribution in [0, 0.1) is 0 Å². The highest BCUT2D eigenvalue weighted by Crippen LogP contribution is 2.28. The van der Waals surface area contributed by atoms with Crippen molar-refractivity contribution in [3.05, 3.63) is 47.9 Å². The van der Waals surface area contributed by atoms with Gasteiger partial charge in [-0.2, -0.15) is 0 Å². The lowest BCUT2D eigenvalue weighted by Crippen LogP contribution is -2.30. The van der Waals surface area contributed by atoms with Crippen molar-refractivity contribution in [2.45, 2.75) is 19.3 Å². The van der Waals surface area contributed by atoms with E-state index in [1.807, 2.05) is 18.2 Å². The largest absolute Gasteiger partial charge is 0.355 e. The van der Waals surface area contributed by atoms with Gasteiger partial charge in [-0.1, -0.05) is 18.2 Å². The quantitative estimate of drug-likeness (QED) is 0.852. The summed E-state index contributed by atoms with van der Waals surface area (Å²) in [5, 5.41) is 0. The van der Waals surface area contributed by atoms with E-state index in [1.165, 1.54) is 18.4 Å². The second-order valence-electron chi connectivity index (χ2n) is 5.79. The van der Waals surface area contributed by atoms with Crippen molar-refractivity contribution in [2.24, 2.45) is 0 Å². The number of hydrogen-bond acceptors (Lipinski definition) is 4. The molecule has 5 heteroatoms. The Morgan fingerprint density at radius 1 is 1.00 bits per heavy atom. The van der Waals surface area contributed by atoms with E-state index >= 15 is 0 Å². The van der Waals surface area contributed by atoms with Crippen LogP contribution in [0.4, 0.5) is 11.5 Å². The summed E-state index contributed by atoms with van der Waals surface area (Å²) in [6.07, 6.45) is 6.64. The molecule has 112 valence electrons. The molecular formula is C17H18N4O. The lowest BCUT2D eigenvalue weighted by atomic mass is 10.2. The second kappa shape index (κ2) is 5.40. The first kappa shape index (κ1) is 13.2. The molecule has 0 bridgehead atoms. The molecule has 2 aromatic rings. The SMILES string of the molecule is O=C(c1cnc(N2CCCC2)cn1)N1CCc2ccccc21. The standard InChI is InChI=1S/C17H18N4O/c22-17(21-10-7-13-5-1-2-6-15(13)21)14-11-19-16(12-18-14)20-8-3-4-9-20/h1-2,5-6,11-12H,3-4,7-10H2. The first-order valence-electron chi connectivity index (χ1n) is 7.80. The maximum absolute atomic E-state index is 12.7. The van der Waals surface area contributed by atoms with Crippen molar-refractivity contribution in [1.82, 2.24) is 9.97 Å². The number of aromatic nitrogens is 2. The third-order valence-electron chi connectivity index (χ3n) is 4.42. The molecule has 0 atom stereocenters. The molecule has 0 spiro atoms. The minimum atomic E-state index is -0.0644. The van der Waals surface area contributed by atoms with Crippen LogP contribution in [-0.4, -0.2) is 35.5 Å². The maximum Gasteiger partial charge on any atom is 0.278 e.